The minimum Gasteiger partial charge on any atom is -0.378 e. The molecule has 1 aliphatic carbocycles. The van der Waals surface area contributed by atoms with E-state index in [9.17, 15) is 0 Å². The quantitative estimate of drug-likeness (QED) is 0.847. The first-order valence-electron chi connectivity index (χ1n) is 7.66. The van der Waals surface area contributed by atoms with E-state index in [4.69, 9.17) is 4.74 Å². The lowest BCUT2D eigenvalue weighted by Gasteiger charge is -2.13. The second-order valence-electron chi connectivity index (χ2n) is 6.20. The van der Waals surface area contributed by atoms with Gasteiger partial charge in [-0.1, -0.05) is 24.3 Å². The zero-order valence-corrected chi connectivity index (χ0v) is 12.0. The summed E-state index contributed by atoms with van der Waals surface area (Å²) >= 11 is 0. The second kappa shape index (κ2) is 5.64. The number of ether oxygens (including phenoxy) is 1. The second-order valence-corrected chi connectivity index (χ2v) is 6.20. The molecule has 1 saturated heterocycles. The maximum Gasteiger partial charge on any atom is 0.0684 e. The number of nitrogens with one attached hydrogen (secondary N) is 1. The highest BCUT2D eigenvalue weighted by Gasteiger charge is 2.42. The van der Waals surface area contributed by atoms with Crippen molar-refractivity contribution in [2.24, 2.45) is 0 Å². The van der Waals surface area contributed by atoms with Gasteiger partial charge in [0.1, 0.15) is 0 Å². The molecule has 1 unspecified atom stereocenters. The zero-order valence-electron chi connectivity index (χ0n) is 12.0. The highest BCUT2D eigenvalue weighted by Crippen LogP contribution is 2.42. The molecule has 1 atom stereocenters. The van der Waals surface area contributed by atoms with Crippen molar-refractivity contribution in [3.05, 3.63) is 35.4 Å². The Labute approximate surface area is 116 Å². The fourth-order valence-corrected chi connectivity index (χ4v) is 3.13. The van der Waals surface area contributed by atoms with Crippen LogP contribution in [0, 0.1) is 0 Å². The van der Waals surface area contributed by atoms with Crippen LogP contribution in [0.2, 0.25) is 0 Å². The Balaban J connectivity index is 1.50. The van der Waals surface area contributed by atoms with Crippen LogP contribution in [0.1, 0.15) is 43.2 Å². The Kier molecular flexibility index (Phi) is 3.90. The third-order valence-corrected chi connectivity index (χ3v) is 4.78. The van der Waals surface area contributed by atoms with E-state index in [-0.39, 0.29) is 5.60 Å². The summed E-state index contributed by atoms with van der Waals surface area (Å²) in [4.78, 5) is 0. The first kappa shape index (κ1) is 13.1. The van der Waals surface area contributed by atoms with Crippen molar-refractivity contribution in [2.75, 3.05) is 13.7 Å². The highest BCUT2D eigenvalue weighted by molar-refractivity contribution is 5.24. The van der Waals surface area contributed by atoms with Gasteiger partial charge in [0.15, 0.2) is 0 Å². The van der Waals surface area contributed by atoms with E-state index in [0.29, 0.717) is 6.04 Å². The number of hydrogen-bond acceptors (Lipinski definition) is 2. The van der Waals surface area contributed by atoms with Crippen LogP contribution in [0.3, 0.4) is 0 Å². The lowest BCUT2D eigenvalue weighted by atomic mass is 10.0. The van der Waals surface area contributed by atoms with E-state index in [1.54, 1.807) is 0 Å². The number of benzene rings is 1. The predicted octanol–water partition coefficient (Wildman–Crippen LogP) is 3.09. The third kappa shape index (κ3) is 3.37. The first-order valence-corrected chi connectivity index (χ1v) is 7.66. The van der Waals surface area contributed by atoms with Crippen molar-refractivity contribution < 1.29 is 4.74 Å². The predicted molar refractivity (Wildman–Crippen MR) is 78.5 cm³/mol. The van der Waals surface area contributed by atoms with Gasteiger partial charge in [-0.2, -0.15) is 0 Å². The average Bonchev–Trinajstić information content (AvgIpc) is 3.06. The Morgan fingerprint density at radius 2 is 1.95 bits per heavy atom. The van der Waals surface area contributed by atoms with Gasteiger partial charge in [0, 0.05) is 13.2 Å². The SMILES string of the molecule is COC1(CCc2ccc(CC3CCCN3)cc2)CC1. The smallest absolute Gasteiger partial charge is 0.0684 e. The van der Waals surface area contributed by atoms with Gasteiger partial charge >= 0.3 is 0 Å². The van der Waals surface area contributed by atoms with Crippen molar-refractivity contribution in [3.8, 4) is 0 Å². The third-order valence-electron chi connectivity index (χ3n) is 4.78. The molecule has 0 bridgehead atoms. The molecule has 2 heteroatoms. The van der Waals surface area contributed by atoms with E-state index < -0.39 is 0 Å². The highest BCUT2D eigenvalue weighted by atomic mass is 16.5. The van der Waals surface area contributed by atoms with Crippen LogP contribution in [-0.4, -0.2) is 25.3 Å². The minimum absolute atomic E-state index is 0.229. The fraction of sp³-hybridized carbons (Fsp3) is 0.647. The Morgan fingerprint density at radius 3 is 2.53 bits per heavy atom. The van der Waals surface area contributed by atoms with Crippen LogP contribution < -0.4 is 5.32 Å². The molecule has 1 aliphatic heterocycles. The summed E-state index contributed by atoms with van der Waals surface area (Å²) in [6, 6.07) is 9.92. The minimum atomic E-state index is 0.229. The van der Waals surface area contributed by atoms with E-state index in [1.165, 1.54) is 56.2 Å². The molecule has 19 heavy (non-hydrogen) atoms. The summed E-state index contributed by atoms with van der Waals surface area (Å²) in [6.45, 7) is 1.20. The molecule has 2 fully saturated rings. The molecule has 1 heterocycles. The van der Waals surface area contributed by atoms with Crippen molar-refractivity contribution in [1.29, 1.82) is 0 Å². The van der Waals surface area contributed by atoms with Crippen LogP contribution in [-0.2, 0) is 17.6 Å². The molecule has 1 N–H and O–H groups in total. The molecular weight excluding hydrogens is 234 g/mol. The standard InChI is InChI=1S/C17H25NO/c1-19-17(10-11-17)9-8-14-4-6-15(7-5-14)13-16-3-2-12-18-16/h4-7,16,18H,2-3,8-13H2,1H3. The zero-order chi connectivity index (χ0) is 13.1. The molecule has 0 spiro atoms. The van der Waals surface area contributed by atoms with Crippen molar-refractivity contribution in [2.45, 2.75) is 56.6 Å². The molecule has 1 saturated carbocycles. The summed E-state index contributed by atoms with van der Waals surface area (Å²) in [6.07, 6.45) is 8.66. The van der Waals surface area contributed by atoms with E-state index in [0.717, 1.165) is 6.42 Å². The molecule has 0 amide bonds. The van der Waals surface area contributed by atoms with E-state index in [2.05, 4.69) is 29.6 Å². The average molecular weight is 259 g/mol. The monoisotopic (exact) mass is 259 g/mol. The van der Waals surface area contributed by atoms with Crippen molar-refractivity contribution in [1.82, 2.24) is 5.32 Å². The molecule has 2 aliphatic rings. The van der Waals surface area contributed by atoms with Crippen molar-refractivity contribution in [3.63, 3.8) is 0 Å². The van der Waals surface area contributed by atoms with Gasteiger partial charge in [-0.15, -0.1) is 0 Å². The summed E-state index contributed by atoms with van der Waals surface area (Å²) < 4.78 is 5.57. The fourth-order valence-electron chi connectivity index (χ4n) is 3.13. The van der Waals surface area contributed by atoms with Crippen molar-refractivity contribution >= 4 is 0 Å². The maximum atomic E-state index is 5.57. The van der Waals surface area contributed by atoms with Crippen LogP contribution in [0.15, 0.2) is 24.3 Å². The van der Waals surface area contributed by atoms with Gasteiger partial charge in [0.2, 0.25) is 0 Å². The van der Waals surface area contributed by atoms with Gasteiger partial charge in [-0.3, -0.25) is 0 Å². The largest absolute Gasteiger partial charge is 0.378 e. The molecule has 3 rings (SSSR count). The van der Waals surface area contributed by atoms with Crippen LogP contribution in [0.25, 0.3) is 0 Å². The molecular formula is C17H25NO. The Bertz CT molecular complexity index is 402. The molecule has 0 radical (unpaired) electrons. The lowest BCUT2D eigenvalue weighted by molar-refractivity contribution is 0.0731. The summed E-state index contributed by atoms with van der Waals surface area (Å²) in [5.74, 6) is 0. The van der Waals surface area contributed by atoms with E-state index in [1.807, 2.05) is 7.11 Å². The summed E-state index contributed by atoms with van der Waals surface area (Å²) in [7, 11) is 1.85. The van der Waals surface area contributed by atoms with Gasteiger partial charge < -0.3 is 10.1 Å². The van der Waals surface area contributed by atoms with Crippen LogP contribution in [0.5, 0.6) is 0 Å². The summed E-state index contributed by atoms with van der Waals surface area (Å²) in [5, 5.41) is 3.56. The van der Waals surface area contributed by atoms with Gasteiger partial charge in [-0.05, 0) is 62.6 Å². The molecule has 104 valence electrons. The summed E-state index contributed by atoms with van der Waals surface area (Å²) in [5.41, 5.74) is 3.15. The van der Waals surface area contributed by atoms with Gasteiger partial charge in [-0.25, -0.2) is 0 Å². The number of rotatable bonds is 6. The topological polar surface area (TPSA) is 21.3 Å². The molecule has 1 aromatic rings. The number of methoxy groups -OCH3 is 1. The number of aryl methyl sites for hydroxylation is 1. The van der Waals surface area contributed by atoms with Crippen LogP contribution >= 0.6 is 0 Å². The Hall–Kier alpha value is -0.860. The first-order chi connectivity index (χ1) is 9.30. The molecule has 1 aromatic carbocycles. The van der Waals surface area contributed by atoms with Gasteiger partial charge in [0.25, 0.3) is 0 Å². The normalized spacial score (nSPS) is 24.6. The van der Waals surface area contributed by atoms with Gasteiger partial charge in [0.05, 0.1) is 5.60 Å². The Morgan fingerprint density at radius 1 is 1.21 bits per heavy atom. The number of hydrogen-bond donors (Lipinski definition) is 1. The van der Waals surface area contributed by atoms with E-state index >= 15 is 0 Å². The maximum absolute atomic E-state index is 5.57. The molecule has 2 nitrogen and oxygen atoms in total. The lowest BCUT2D eigenvalue weighted by Crippen LogP contribution is -2.23. The molecule has 0 aromatic heterocycles. The van der Waals surface area contributed by atoms with Crippen LogP contribution in [0.4, 0.5) is 0 Å².